The van der Waals surface area contributed by atoms with Crippen LogP contribution in [0.25, 0.3) is 11.3 Å². The molecule has 3 aromatic rings. The van der Waals surface area contributed by atoms with E-state index < -0.39 is 0 Å². The molecule has 0 aliphatic heterocycles. The minimum Gasteiger partial charge on any atom is -0.341 e. The summed E-state index contributed by atoms with van der Waals surface area (Å²) in [6.45, 7) is 5.98. The van der Waals surface area contributed by atoms with Gasteiger partial charge in [-0.2, -0.15) is 4.98 Å². The van der Waals surface area contributed by atoms with Gasteiger partial charge in [0, 0.05) is 30.4 Å². The highest BCUT2D eigenvalue weighted by Gasteiger charge is 2.11. The lowest BCUT2D eigenvalue weighted by molar-refractivity contribution is 0.823. The van der Waals surface area contributed by atoms with E-state index in [1.165, 1.54) is 0 Å². The largest absolute Gasteiger partial charge is 0.341 e. The first-order valence-electron chi connectivity index (χ1n) is 8.31. The number of anilines is 3. The summed E-state index contributed by atoms with van der Waals surface area (Å²) < 4.78 is 0. The number of nitrogens with zero attached hydrogens (tertiary/aromatic N) is 3. The van der Waals surface area contributed by atoms with Crippen LogP contribution in [-0.2, 0) is 0 Å². The zero-order valence-electron chi connectivity index (χ0n) is 14.1. The highest BCUT2D eigenvalue weighted by molar-refractivity contribution is 5.67. The fourth-order valence-corrected chi connectivity index (χ4v) is 2.57. The standard InChI is InChI=1S/C20H22N4/c1-3-24(4-2)20-22-18(16-11-7-5-8-12-16)15-19(23-20)21-17-13-9-6-10-14-17/h5-15H,3-4H2,1-2H3,(H,21,22,23). The van der Waals surface area contributed by atoms with Gasteiger partial charge in [-0.1, -0.05) is 48.5 Å². The molecule has 4 nitrogen and oxygen atoms in total. The van der Waals surface area contributed by atoms with Crippen LogP contribution >= 0.6 is 0 Å². The fourth-order valence-electron chi connectivity index (χ4n) is 2.57. The summed E-state index contributed by atoms with van der Waals surface area (Å²) in [4.78, 5) is 11.6. The summed E-state index contributed by atoms with van der Waals surface area (Å²) in [7, 11) is 0. The van der Waals surface area contributed by atoms with Gasteiger partial charge in [-0.3, -0.25) is 0 Å². The topological polar surface area (TPSA) is 41.1 Å². The average molecular weight is 318 g/mol. The number of para-hydroxylation sites is 1. The first-order valence-corrected chi connectivity index (χ1v) is 8.31. The summed E-state index contributed by atoms with van der Waals surface area (Å²) in [5.74, 6) is 1.55. The molecular formula is C20H22N4. The van der Waals surface area contributed by atoms with Crippen LogP contribution in [0.5, 0.6) is 0 Å². The van der Waals surface area contributed by atoms with Gasteiger partial charge in [-0.05, 0) is 26.0 Å². The number of rotatable bonds is 6. The van der Waals surface area contributed by atoms with Crippen molar-refractivity contribution < 1.29 is 0 Å². The Morgan fingerprint density at radius 2 is 1.46 bits per heavy atom. The molecule has 1 heterocycles. The van der Waals surface area contributed by atoms with Crippen LogP contribution in [-0.4, -0.2) is 23.1 Å². The molecule has 0 spiro atoms. The second kappa shape index (κ2) is 7.59. The Labute approximate surface area is 143 Å². The van der Waals surface area contributed by atoms with Gasteiger partial charge in [-0.25, -0.2) is 4.98 Å². The van der Waals surface area contributed by atoms with Crippen LogP contribution in [0.4, 0.5) is 17.5 Å². The van der Waals surface area contributed by atoms with E-state index in [4.69, 9.17) is 9.97 Å². The molecule has 2 aromatic carbocycles. The van der Waals surface area contributed by atoms with E-state index in [0.717, 1.165) is 41.8 Å². The smallest absolute Gasteiger partial charge is 0.227 e. The predicted octanol–water partition coefficient (Wildman–Crippen LogP) is 4.73. The zero-order chi connectivity index (χ0) is 16.8. The monoisotopic (exact) mass is 318 g/mol. The van der Waals surface area contributed by atoms with Crippen molar-refractivity contribution in [2.24, 2.45) is 0 Å². The molecule has 0 saturated heterocycles. The zero-order valence-corrected chi connectivity index (χ0v) is 14.1. The molecule has 0 aliphatic rings. The van der Waals surface area contributed by atoms with Crippen molar-refractivity contribution in [3.8, 4) is 11.3 Å². The van der Waals surface area contributed by atoms with Gasteiger partial charge in [-0.15, -0.1) is 0 Å². The van der Waals surface area contributed by atoms with Gasteiger partial charge >= 0.3 is 0 Å². The fraction of sp³-hybridized carbons (Fsp3) is 0.200. The van der Waals surface area contributed by atoms with Crippen LogP contribution < -0.4 is 10.2 Å². The summed E-state index contributed by atoms with van der Waals surface area (Å²) in [6.07, 6.45) is 0. The third kappa shape index (κ3) is 3.71. The molecule has 0 fully saturated rings. The molecule has 1 aromatic heterocycles. The maximum atomic E-state index is 4.76. The van der Waals surface area contributed by atoms with E-state index in [-0.39, 0.29) is 0 Å². The Balaban J connectivity index is 2.02. The Hall–Kier alpha value is -2.88. The SMILES string of the molecule is CCN(CC)c1nc(Nc2ccccc2)cc(-c2ccccc2)n1. The molecule has 0 saturated carbocycles. The third-order valence-corrected chi connectivity index (χ3v) is 3.88. The van der Waals surface area contributed by atoms with E-state index in [2.05, 4.69) is 36.2 Å². The lowest BCUT2D eigenvalue weighted by Gasteiger charge is -2.20. The van der Waals surface area contributed by atoms with E-state index in [0.29, 0.717) is 0 Å². The quantitative estimate of drug-likeness (QED) is 0.713. The number of aromatic nitrogens is 2. The minimum absolute atomic E-state index is 0.750. The molecule has 1 N–H and O–H groups in total. The summed E-state index contributed by atoms with van der Waals surface area (Å²) in [5, 5.41) is 3.38. The molecule has 122 valence electrons. The van der Waals surface area contributed by atoms with Crippen molar-refractivity contribution >= 4 is 17.5 Å². The van der Waals surface area contributed by atoms with Gasteiger partial charge < -0.3 is 10.2 Å². The second-order valence-corrected chi connectivity index (χ2v) is 5.47. The van der Waals surface area contributed by atoms with Gasteiger partial charge in [0.2, 0.25) is 5.95 Å². The van der Waals surface area contributed by atoms with Gasteiger partial charge in [0.05, 0.1) is 5.69 Å². The first-order chi connectivity index (χ1) is 11.8. The summed E-state index contributed by atoms with van der Waals surface area (Å²) in [6, 6.07) is 22.3. The average Bonchev–Trinajstić information content (AvgIpc) is 2.64. The van der Waals surface area contributed by atoms with Crippen LogP contribution in [0.15, 0.2) is 66.7 Å². The van der Waals surface area contributed by atoms with Gasteiger partial charge in [0.25, 0.3) is 0 Å². The Morgan fingerprint density at radius 1 is 0.833 bits per heavy atom. The number of nitrogens with one attached hydrogen (secondary N) is 1. The van der Waals surface area contributed by atoms with Crippen molar-refractivity contribution in [2.75, 3.05) is 23.3 Å². The molecule has 24 heavy (non-hydrogen) atoms. The number of hydrogen-bond acceptors (Lipinski definition) is 4. The maximum absolute atomic E-state index is 4.76. The second-order valence-electron chi connectivity index (χ2n) is 5.47. The number of hydrogen-bond donors (Lipinski definition) is 1. The maximum Gasteiger partial charge on any atom is 0.227 e. The lowest BCUT2D eigenvalue weighted by atomic mass is 10.1. The molecule has 0 radical (unpaired) electrons. The molecule has 0 unspecified atom stereocenters. The molecule has 0 amide bonds. The van der Waals surface area contributed by atoms with Crippen molar-refractivity contribution in [1.29, 1.82) is 0 Å². The molecule has 0 atom stereocenters. The highest BCUT2D eigenvalue weighted by Crippen LogP contribution is 2.24. The Kier molecular flexibility index (Phi) is 5.06. The van der Waals surface area contributed by atoms with Crippen molar-refractivity contribution in [1.82, 2.24) is 9.97 Å². The normalized spacial score (nSPS) is 10.4. The molecular weight excluding hydrogens is 296 g/mol. The van der Waals surface area contributed by atoms with Crippen LogP contribution in [0, 0.1) is 0 Å². The third-order valence-electron chi connectivity index (χ3n) is 3.88. The molecule has 0 aliphatic carbocycles. The molecule has 3 rings (SSSR count). The highest BCUT2D eigenvalue weighted by atomic mass is 15.3. The first kappa shape index (κ1) is 16.0. The lowest BCUT2D eigenvalue weighted by Crippen LogP contribution is -2.24. The summed E-state index contributed by atoms with van der Waals surface area (Å²) in [5.41, 5.74) is 3.02. The van der Waals surface area contributed by atoms with Crippen molar-refractivity contribution in [3.63, 3.8) is 0 Å². The van der Waals surface area contributed by atoms with E-state index in [1.807, 2.05) is 54.6 Å². The van der Waals surface area contributed by atoms with Crippen LogP contribution in [0.1, 0.15) is 13.8 Å². The van der Waals surface area contributed by atoms with Crippen molar-refractivity contribution in [2.45, 2.75) is 13.8 Å². The van der Waals surface area contributed by atoms with E-state index >= 15 is 0 Å². The predicted molar refractivity (Wildman–Crippen MR) is 101 cm³/mol. The van der Waals surface area contributed by atoms with E-state index in [1.54, 1.807) is 0 Å². The Morgan fingerprint density at radius 3 is 2.08 bits per heavy atom. The van der Waals surface area contributed by atoms with Gasteiger partial charge in [0.1, 0.15) is 5.82 Å². The van der Waals surface area contributed by atoms with Gasteiger partial charge in [0.15, 0.2) is 0 Å². The summed E-state index contributed by atoms with van der Waals surface area (Å²) >= 11 is 0. The Bertz CT molecular complexity index is 768. The molecule has 0 bridgehead atoms. The van der Waals surface area contributed by atoms with Crippen LogP contribution in [0.3, 0.4) is 0 Å². The molecule has 4 heteroatoms. The van der Waals surface area contributed by atoms with Crippen LogP contribution in [0.2, 0.25) is 0 Å². The van der Waals surface area contributed by atoms with E-state index in [9.17, 15) is 0 Å². The van der Waals surface area contributed by atoms with Crippen molar-refractivity contribution in [3.05, 3.63) is 66.7 Å². The minimum atomic E-state index is 0.750. The number of benzene rings is 2.